The van der Waals surface area contributed by atoms with Gasteiger partial charge < -0.3 is 5.32 Å². The van der Waals surface area contributed by atoms with Crippen LogP contribution in [0.2, 0.25) is 0 Å². The second kappa shape index (κ2) is 5.95. The molecule has 0 aliphatic carbocycles. The first-order chi connectivity index (χ1) is 9.01. The molecule has 0 aliphatic heterocycles. The summed E-state index contributed by atoms with van der Waals surface area (Å²) in [5.41, 5.74) is 0. The zero-order valence-electron chi connectivity index (χ0n) is 10.5. The smallest absolute Gasteiger partial charge is 0.273 e. The number of rotatable bonds is 6. The summed E-state index contributed by atoms with van der Waals surface area (Å²) in [6.07, 6.45) is 0.814. The number of sulfonamides is 1. The molecule has 104 valence electrons. The van der Waals surface area contributed by atoms with E-state index in [1.807, 2.05) is 13.1 Å². The Balaban J connectivity index is 2.13. The standard InChI is InChI=1S/C10H14N4O2S3/c1-7-12-13-10(17-7)14-19(15,16)9-4-3-8(18-9)5-6-11-2/h3-4,11H,5-6H2,1-2H3,(H,13,14). The van der Waals surface area contributed by atoms with Gasteiger partial charge in [-0.3, -0.25) is 4.72 Å². The molecule has 19 heavy (non-hydrogen) atoms. The number of aromatic nitrogens is 2. The van der Waals surface area contributed by atoms with Crippen LogP contribution in [-0.4, -0.2) is 32.2 Å². The summed E-state index contributed by atoms with van der Waals surface area (Å²) in [4.78, 5) is 1.03. The Bertz CT molecular complexity index is 647. The van der Waals surface area contributed by atoms with Crippen molar-refractivity contribution in [1.29, 1.82) is 0 Å². The van der Waals surface area contributed by atoms with E-state index in [-0.39, 0.29) is 0 Å². The Kier molecular flexibility index (Phi) is 4.50. The lowest BCUT2D eigenvalue weighted by Gasteiger charge is -2.01. The summed E-state index contributed by atoms with van der Waals surface area (Å²) < 4.78 is 27.0. The van der Waals surface area contributed by atoms with Crippen molar-refractivity contribution in [3.63, 3.8) is 0 Å². The van der Waals surface area contributed by atoms with Gasteiger partial charge in [0.15, 0.2) is 0 Å². The van der Waals surface area contributed by atoms with E-state index in [1.54, 1.807) is 13.0 Å². The third-order valence-corrected chi connectivity index (χ3v) is 6.13. The normalized spacial score (nSPS) is 11.7. The van der Waals surface area contributed by atoms with Crippen LogP contribution >= 0.6 is 22.7 Å². The first-order valence-electron chi connectivity index (χ1n) is 5.57. The Morgan fingerprint density at radius 3 is 2.68 bits per heavy atom. The first kappa shape index (κ1) is 14.4. The van der Waals surface area contributed by atoms with Crippen LogP contribution in [0.4, 0.5) is 5.13 Å². The van der Waals surface area contributed by atoms with Gasteiger partial charge in [0.05, 0.1) is 0 Å². The monoisotopic (exact) mass is 318 g/mol. The van der Waals surface area contributed by atoms with E-state index in [4.69, 9.17) is 0 Å². The van der Waals surface area contributed by atoms with Gasteiger partial charge in [0, 0.05) is 4.88 Å². The quantitative estimate of drug-likeness (QED) is 0.842. The van der Waals surface area contributed by atoms with E-state index >= 15 is 0 Å². The Morgan fingerprint density at radius 2 is 2.05 bits per heavy atom. The minimum absolute atomic E-state index is 0.294. The SMILES string of the molecule is CNCCc1ccc(S(=O)(=O)Nc2nnc(C)s2)s1. The fourth-order valence-electron chi connectivity index (χ4n) is 1.39. The van der Waals surface area contributed by atoms with Gasteiger partial charge in [0.1, 0.15) is 9.22 Å². The lowest BCUT2D eigenvalue weighted by Crippen LogP contribution is -2.11. The molecule has 0 aliphatic rings. The van der Waals surface area contributed by atoms with Crippen LogP contribution in [0.15, 0.2) is 16.3 Å². The second-order valence-corrected chi connectivity index (χ2v) is 8.07. The highest BCUT2D eigenvalue weighted by molar-refractivity contribution is 7.94. The lowest BCUT2D eigenvalue weighted by atomic mass is 10.3. The molecule has 0 fully saturated rings. The molecule has 6 nitrogen and oxygen atoms in total. The first-order valence-corrected chi connectivity index (χ1v) is 8.69. The topological polar surface area (TPSA) is 84.0 Å². The van der Waals surface area contributed by atoms with Crippen LogP contribution in [-0.2, 0) is 16.4 Å². The Morgan fingerprint density at radius 1 is 1.26 bits per heavy atom. The number of thiophene rings is 1. The summed E-state index contributed by atoms with van der Waals surface area (Å²) in [6, 6.07) is 3.45. The number of nitrogens with zero attached hydrogens (tertiary/aromatic N) is 2. The molecule has 2 aromatic heterocycles. The molecule has 0 unspecified atom stereocenters. The fourth-order valence-corrected chi connectivity index (χ4v) is 4.57. The van der Waals surface area contributed by atoms with Crippen LogP contribution in [0.5, 0.6) is 0 Å². The van der Waals surface area contributed by atoms with Crippen molar-refractivity contribution >= 4 is 37.8 Å². The Hall–Kier alpha value is -1.03. The molecule has 0 radical (unpaired) electrons. The van der Waals surface area contributed by atoms with Crippen LogP contribution in [0, 0.1) is 6.92 Å². The summed E-state index contributed by atoms with van der Waals surface area (Å²) in [5.74, 6) is 0. The van der Waals surface area contributed by atoms with Crippen LogP contribution in [0.3, 0.4) is 0 Å². The van der Waals surface area contributed by atoms with E-state index in [1.165, 1.54) is 22.7 Å². The molecule has 2 rings (SSSR count). The summed E-state index contributed by atoms with van der Waals surface area (Å²) in [5, 5.41) is 11.6. The average Bonchev–Trinajstić information content (AvgIpc) is 2.95. The third-order valence-electron chi connectivity index (χ3n) is 2.27. The highest BCUT2D eigenvalue weighted by atomic mass is 32.2. The number of nitrogens with one attached hydrogen (secondary N) is 2. The van der Waals surface area contributed by atoms with Crippen molar-refractivity contribution in [2.75, 3.05) is 18.3 Å². The Labute approximate surface area is 119 Å². The molecular weight excluding hydrogens is 304 g/mol. The highest BCUT2D eigenvalue weighted by Crippen LogP contribution is 2.25. The van der Waals surface area contributed by atoms with Crippen LogP contribution < -0.4 is 10.0 Å². The largest absolute Gasteiger partial charge is 0.319 e. The zero-order valence-corrected chi connectivity index (χ0v) is 13.0. The van der Waals surface area contributed by atoms with E-state index < -0.39 is 10.0 Å². The molecular formula is C10H14N4O2S3. The van der Waals surface area contributed by atoms with E-state index in [2.05, 4.69) is 20.2 Å². The third kappa shape index (κ3) is 3.72. The van der Waals surface area contributed by atoms with Gasteiger partial charge in [-0.05, 0) is 39.1 Å². The molecule has 0 bridgehead atoms. The molecule has 2 heterocycles. The number of aryl methyl sites for hydroxylation is 1. The second-order valence-electron chi connectivity index (χ2n) is 3.81. The van der Waals surface area contributed by atoms with Crippen LogP contribution in [0.25, 0.3) is 0 Å². The highest BCUT2D eigenvalue weighted by Gasteiger charge is 2.18. The molecule has 2 aromatic rings. The van der Waals surface area contributed by atoms with Gasteiger partial charge in [-0.2, -0.15) is 0 Å². The maximum absolute atomic E-state index is 12.1. The van der Waals surface area contributed by atoms with Crippen molar-refractivity contribution in [3.05, 3.63) is 22.0 Å². The summed E-state index contributed by atoms with van der Waals surface area (Å²) >= 11 is 2.48. The van der Waals surface area contributed by atoms with Gasteiger partial charge in [0.25, 0.3) is 10.0 Å². The number of hydrogen-bond donors (Lipinski definition) is 2. The predicted molar refractivity (Wildman–Crippen MR) is 77.4 cm³/mol. The molecule has 0 spiro atoms. The maximum atomic E-state index is 12.1. The zero-order chi connectivity index (χ0) is 13.9. The van der Waals surface area contributed by atoms with Gasteiger partial charge in [-0.25, -0.2) is 8.42 Å². The molecule has 0 atom stereocenters. The van der Waals surface area contributed by atoms with Gasteiger partial charge in [-0.1, -0.05) is 11.3 Å². The molecule has 0 saturated heterocycles. The molecule has 0 saturated carbocycles. The minimum Gasteiger partial charge on any atom is -0.319 e. The number of anilines is 1. The molecule has 9 heteroatoms. The molecule has 2 N–H and O–H groups in total. The summed E-state index contributed by atoms with van der Waals surface area (Å²) in [7, 11) is -1.68. The van der Waals surface area contributed by atoms with Gasteiger partial charge in [0.2, 0.25) is 5.13 Å². The maximum Gasteiger partial charge on any atom is 0.273 e. The van der Waals surface area contributed by atoms with E-state index in [0.717, 1.165) is 22.9 Å². The summed E-state index contributed by atoms with van der Waals surface area (Å²) in [6.45, 7) is 2.60. The van der Waals surface area contributed by atoms with Crippen LogP contribution in [0.1, 0.15) is 9.88 Å². The molecule has 0 amide bonds. The van der Waals surface area contributed by atoms with Gasteiger partial charge >= 0.3 is 0 Å². The number of hydrogen-bond acceptors (Lipinski definition) is 7. The van der Waals surface area contributed by atoms with Crippen molar-refractivity contribution in [2.45, 2.75) is 17.6 Å². The molecule has 0 aromatic carbocycles. The lowest BCUT2D eigenvalue weighted by molar-refractivity contribution is 0.603. The fraction of sp³-hybridized carbons (Fsp3) is 0.400. The van der Waals surface area contributed by atoms with E-state index in [0.29, 0.717) is 9.34 Å². The van der Waals surface area contributed by atoms with Crippen molar-refractivity contribution in [3.8, 4) is 0 Å². The minimum atomic E-state index is -3.55. The van der Waals surface area contributed by atoms with Gasteiger partial charge in [-0.15, -0.1) is 21.5 Å². The average molecular weight is 318 g/mol. The predicted octanol–water partition coefficient (Wildman–Crippen LogP) is 1.47. The van der Waals surface area contributed by atoms with E-state index in [9.17, 15) is 8.42 Å². The number of likely N-dealkylation sites (N-methyl/N-ethyl adjacent to an activating group) is 1. The van der Waals surface area contributed by atoms with Crippen molar-refractivity contribution < 1.29 is 8.42 Å². The van der Waals surface area contributed by atoms with Crippen molar-refractivity contribution in [1.82, 2.24) is 15.5 Å². The van der Waals surface area contributed by atoms with Crippen molar-refractivity contribution in [2.24, 2.45) is 0 Å².